The number of hydrogen-bond acceptors (Lipinski definition) is 0. The summed E-state index contributed by atoms with van der Waals surface area (Å²) in [7, 11) is 0. The molecule has 0 spiro atoms. The average Bonchev–Trinajstić information content (AvgIpc) is 2.36. The van der Waals surface area contributed by atoms with Crippen LogP contribution >= 0.6 is 27.5 Å². The van der Waals surface area contributed by atoms with Crippen molar-refractivity contribution in [1.29, 1.82) is 0 Å². The number of benzene rings is 2. The van der Waals surface area contributed by atoms with Crippen LogP contribution in [0.3, 0.4) is 0 Å². The predicted molar refractivity (Wildman–Crippen MR) is 77.9 cm³/mol. The largest absolute Gasteiger partial charge is 0.204 e. The molecule has 0 saturated heterocycles. The van der Waals surface area contributed by atoms with E-state index in [-0.39, 0.29) is 9.85 Å². The minimum atomic E-state index is -0.927. The van der Waals surface area contributed by atoms with Gasteiger partial charge in [-0.1, -0.05) is 51.8 Å². The van der Waals surface area contributed by atoms with Crippen molar-refractivity contribution in [2.45, 2.75) is 18.2 Å². The van der Waals surface area contributed by atoms with Gasteiger partial charge >= 0.3 is 0 Å². The molecular formula is C15H12BrClF2. The molecule has 1 atom stereocenters. The van der Waals surface area contributed by atoms with Crippen LogP contribution in [0.25, 0.3) is 0 Å². The lowest BCUT2D eigenvalue weighted by molar-refractivity contribution is 0.507. The first kappa shape index (κ1) is 14.5. The van der Waals surface area contributed by atoms with Crippen molar-refractivity contribution < 1.29 is 8.78 Å². The van der Waals surface area contributed by atoms with Crippen LogP contribution in [0.5, 0.6) is 0 Å². The van der Waals surface area contributed by atoms with Gasteiger partial charge in [0.15, 0.2) is 11.6 Å². The monoisotopic (exact) mass is 344 g/mol. The summed E-state index contributed by atoms with van der Waals surface area (Å²) in [5.41, 5.74) is 2.86. The maximum absolute atomic E-state index is 13.3. The standard InChI is InChI=1S/C15H12BrClF2/c1-9-4-2-3-5-10(9)6-12(16)11-7-14(18)15(19)8-13(11)17/h2-5,7-8,12H,6H2,1H3. The topological polar surface area (TPSA) is 0 Å². The van der Waals surface area contributed by atoms with E-state index in [1.165, 1.54) is 0 Å². The Hall–Kier alpha value is -0.930. The van der Waals surface area contributed by atoms with E-state index in [2.05, 4.69) is 15.9 Å². The summed E-state index contributed by atoms with van der Waals surface area (Å²) < 4.78 is 26.3. The van der Waals surface area contributed by atoms with Gasteiger partial charge in [0.1, 0.15) is 0 Å². The summed E-state index contributed by atoms with van der Waals surface area (Å²) in [5, 5.41) is 0.231. The highest BCUT2D eigenvalue weighted by atomic mass is 79.9. The molecule has 2 aromatic rings. The van der Waals surface area contributed by atoms with Crippen LogP contribution in [0, 0.1) is 18.6 Å². The first-order valence-electron chi connectivity index (χ1n) is 5.82. The fourth-order valence-corrected chi connectivity index (χ4v) is 3.06. The molecule has 0 radical (unpaired) electrons. The SMILES string of the molecule is Cc1ccccc1CC(Br)c1cc(F)c(F)cc1Cl. The highest BCUT2D eigenvalue weighted by Gasteiger charge is 2.16. The number of aryl methyl sites for hydroxylation is 1. The number of halogens is 4. The fourth-order valence-electron chi connectivity index (χ4n) is 1.92. The minimum Gasteiger partial charge on any atom is -0.204 e. The smallest absolute Gasteiger partial charge is 0.160 e. The van der Waals surface area contributed by atoms with E-state index in [0.717, 1.165) is 23.3 Å². The zero-order valence-corrected chi connectivity index (χ0v) is 12.6. The summed E-state index contributed by atoms with van der Waals surface area (Å²) in [6, 6.07) is 10.1. The Bertz CT molecular complexity index is 599. The molecule has 0 aliphatic heterocycles. The Balaban J connectivity index is 2.28. The highest BCUT2D eigenvalue weighted by molar-refractivity contribution is 9.09. The molecule has 1 unspecified atom stereocenters. The zero-order chi connectivity index (χ0) is 14.0. The van der Waals surface area contributed by atoms with E-state index < -0.39 is 11.6 Å². The number of hydrogen-bond donors (Lipinski definition) is 0. The molecule has 0 saturated carbocycles. The highest BCUT2D eigenvalue weighted by Crippen LogP contribution is 2.34. The first-order valence-corrected chi connectivity index (χ1v) is 7.11. The molecule has 4 heteroatoms. The molecular weight excluding hydrogens is 334 g/mol. The summed E-state index contributed by atoms with van der Waals surface area (Å²) >= 11 is 9.46. The van der Waals surface area contributed by atoms with E-state index in [9.17, 15) is 8.78 Å². The molecule has 2 rings (SSSR count). The van der Waals surface area contributed by atoms with Gasteiger partial charge in [-0.3, -0.25) is 0 Å². The lowest BCUT2D eigenvalue weighted by Crippen LogP contribution is -2.00. The summed E-state index contributed by atoms with van der Waals surface area (Å²) in [6.45, 7) is 2.02. The Morgan fingerprint density at radius 1 is 1.16 bits per heavy atom. The Morgan fingerprint density at radius 2 is 1.79 bits per heavy atom. The molecule has 0 heterocycles. The minimum absolute atomic E-state index is 0.156. The molecule has 0 nitrogen and oxygen atoms in total. The second-order valence-electron chi connectivity index (χ2n) is 4.39. The van der Waals surface area contributed by atoms with Gasteiger partial charge in [-0.05, 0) is 42.2 Å². The van der Waals surface area contributed by atoms with E-state index in [1.807, 2.05) is 31.2 Å². The van der Waals surface area contributed by atoms with Crippen LogP contribution in [0.4, 0.5) is 8.78 Å². The van der Waals surface area contributed by atoms with Crippen LogP contribution < -0.4 is 0 Å². The third kappa shape index (κ3) is 3.34. The third-order valence-corrected chi connectivity index (χ3v) is 4.18. The van der Waals surface area contributed by atoms with Crippen molar-refractivity contribution in [3.05, 3.63) is 69.7 Å². The van der Waals surface area contributed by atoms with E-state index in [4.69, 9.17) is 11.6 Å². The fraction of sp³-hybridized carbons (Fsp3) is 0.200. The molecule has 0 bridgehead atoms. The van der Waals surface area contributed by atoms with E-state index in [1.54, 1.807) is 0 Å². The maximum Gasteiger partial charge on any atom is 0.160 e. The molecule has 0 aliphatic rings. The van der Waals surface area contributed by atoms with Crippen molar-refractivity contribution in [2.75, 3.05) is 0 Å². The normalized spacial score (nSPS) is 12.5. The number of rotatable bonds is 3. The van der Waals surface area contributed by atoms with Gasteiger partial charge in [0.25, 0.3) is 0 Å². The molecule has 0 fully saturated rings. The van der Waals surface area contributed by atoms with E-state index >= 15 is 0 Å². The second kappa shape index (κ2) is 6.02. The molecule has 2 aromatic carbocycles. The lowest BCUT2D eigenvalue weighted by Gasteiger charge is -2.14. The molecule has 100 valence electrons. The van der Waals surface area contributed by atoms with Crippen LogP contribution in [-0.4, -0.2) is 0 Å². The summed E-state index contributed by atoms with van der Waals surface area (Å²) in [5.74, 6) is -1.81. The van der Waals surface area contributed by atoms with Crippen molar-refractivity contribution in [3.63, 3.8) is 0 Å². The second-order valence-corrected chi connectivity index (χ2v) is 5.90. The van der Waals surface area contributed by atoms with Gasteiger partial charge in [-0.15, -0.1) is 0 Å². The van der Waals surface area contributed by atoms with Crippen molar-refractivity contribution >= 4 is 27.5 Å². The van der Waals surface area contributed by atoms with Crippen LogP contribution in [0.1, 0.15) is 21.5 Å². The van der Waals surface area contributed by atoms with E-state index in [0.29, 0.717) is 12.0 Å². The van der Waals surface area contributed by atoms with Gasteiger partial charge in [-0.2, -0.15) is 0 Å². The average molecular weight is 346 g/mol. The van der Waals surface area contributed by atoms with Gasteiger partial charge in [-0.25, -0.2) is 8.78 Å². The van der Waals surface area contributed by atoms with Crippen LogP contribution in [0.15, 0.2) is 36.4 Å². The quantitative estimate of drug-likeness (QED) is 0.501. The zero-order valence-electron chi connectivity index (χ0n) is 10.3. The summed E-state index contributed by atoms with van der Waals surface area (Å²) in [6.07, 6.45) is 0.664. The molecule has 0 amide bonds. The lowest BCUT2D eigenvalue weighted by atomic mass is 10.0. The Kier molecular flexibility index (Phi) is 4.58. The maximum atomic E-state index is 13.3. The van der Waals surface area contributed by atoms with Crippen molar-refractivity contribution in [3.8, 4) is 0 Å². The Morgan fingerprint density at radius 3 is 2.47 bits per heavy atom. The Labute approximate surface area is 124 Å². The van der Waals surface area contributed by atoms with Crippen molar-refractivity contribution in [1.82, 2.24) is 0 Å². The van der Waals surface area contributed by atoms with Crippen LogP contribution in [-0.2, 0) is 6.42 Å². The third-order valence-electron chi connectivity index (χ3n) is 3.04. The molecule has 0 N–H and O–H groups in total. The molecule has 0 aliphatic carbocycles. The van der Waals surface area contributed by atoms with Gasteiger partial charge in [0.05, 0.1) is 0 Å². The predicted octanol–water partition coefficient (Wildman–Crippen LogP) is 5.61. The van der Waals surface area contributed by atoms with Gasteiger partial charge in [0, 0.05) is 9.85 Å². The number of alkyl halides is 1. The van der Waals surface area contributed by atoms with Crippen molar-refractivity contribution in [2.24, 2.45) is 0 Å². The van der Waals surface area contributed by atoms with Gasteiger partial charge in [0.2, 0.25) is 0 Å². The molecule has 0 aromatic heterocycles. The summed E-state index contributed by atoms with van der Waals surface area (Å²) in [4.78, 5) is -0.156. The molecule has 19 heavy (non-hydrogen) atoms. The first-order chi connectivity index (χ1) is 8.99. The van der Waals surface area contributed by atoms with Gasteiger partial charge < -0.3 is 0 Å². The van der Waals surface area contributed by atoms with Crippen LogP contribution in [0.2, 0.25) is 5.02 Å².